The lowest BCUT2D eigenvalue weighted by Crippen LogP contribution is -2.34. The van der Waals surface area contributed by atoms with Gasteiger partial charge in [-0.05, 0) is 42.5 Å². The third-order valence-electron chi connectivity index (χ3n) is 6.50. The number of hydrazone groups is 1. The lowest BCUT2D eigenvalue weighted by molar-refractivity contribution is -0.123. The molecule has 2 fully saturated rings. The molecule has 2 aromatic rings. The number of carbonyl (C=O) groups is 1. The summed E-state index contributed by atoms with van der Waals surface area (Å²) < 4.78 is 0. The number of anilines is 2. The van der Waals surface area contributed by atoms with Crippen LogP contribution in [-0.4, -0.2) is 11.5 Å². The molecule has 3 heteroatoms. The van der Waals surface area contributed by atoms with E-state index in [1.165, 1.54) is 0 Å². The molecule has 25 heavy (non-hydrogen) atoms. The molecule has 0 N–H and O–H groups in total. The Hall–Kier alpha value is -2.42. The van der Waals surface area contributed by atoms with Crippen LogP contribution in [0.3, 0.4) is 0 Å². The zero-order valence-corrected chi connectivity index (χ0v) is 15.1. The molecule has 2 bridgehead atoms. The molecular formula is C22H24N2O. The maximum Gasteiger partial charge on any atom is 0.185 e. The molecule has 2 atom stereocenters. The molecule has 128 valence electrons. The SMILES string of the molecule is CC1(C)[C@H]2CC[C@]1(C)C(=O)/C2=N/N(c1ccccc1)c1ccccc1. The minimum atomic E-state index is -0.282. The van der Waals surface area contributed by atoms with E-state index in [9.17, 15) is 4.79 Å². The summed E-state index contributed by atoms with van der Waals surface area (Å²) in [4.78, 5) is 13.1. The van der Waals surface area contributed by atoms with Crippen LogP contribution in [0.15, 0.2) is 65.8 Å². The van der Waals surface area contributed by atoms with Crippen molar-refractivity contribution in [2.75, 3.05) is 5.01 Å². The van der Waals surface area contributed by atoms with Crippen LogP contribution in [-0.2, 0) is 4.79 Å². The first-order valence-electron chi connectivity index (χ1n) is 8.99. The van der Waals surface area contributed by atoms with Crippen LogP contribution in [0, 0.1) is 16.7 Å². The fourth-order valence-electron chi connectivity index (χ4n) is 4.45. The first-order valence-corrected chi connectivity index (χ1v) is 8.99. The van der Waals surface area contributed by atoms with E-state index in [1.54, 1.807) is 0 Å². The van der Waals surface area contributed by atoms with Crippen molar-refractivity contribution in [3.8, 4) is 0 Å². The molecule has 0 aliphatic heterocycles. The summed E-state index contributed by atoms with van der Waals surface area (Å²) in [5.41, 5.74) is 2.38. The third kappa shape index (κ3) is 2.25. The Kier molecular flexibility index (Phi) is 3.57. The first kappa shape index (κ1) is 16.1. The summed E-state index contributed by atoms with van der Waals surface area (Å²) in [6.07, 6.45) is 2.02. The molecule has 4 rings (SSSR count). The molecule has 0 saturated heterocycles. The van der Waals surface area contributed by atoms with Gasteiger partial charge in [-0.3, -0.25) is 4.79 Å². The van der Waals surface area contributed by atoms with Crippen molar-refractivity contribution in [2.45, 2.75) is 33.6 Å². The molecule has 0 radical (unpaired) electrons. The third-order valence-corrected chi connectivity index (χ3v) is 6.50. The van der Waals surface area contributed by atoms with E-state index < -0.39 is 0 Å². The number of ketones is 1. The fraction of sp³-hybridized carbons (Fsp3) is 0.364. The van der Waals surface area contributed by atoms with Gasteiger partial charge in [0.05, 0.1) is 11.4 Å². The predicted molar refractivity (Wildman–Crippen MR) is 102 cm³/mol. The van der Waals surface area contributed by atoms with Gasteiger partial charge in [0.1, 0.15) is 5.71 Å². The molecule has 0 spiro atoms. The van der Waals surface area contributed by atoms with E-state index in [2.05, 4.69) is 20.8 Å². The number of para-hydroxylation sites is 2. The summed E-state index contributed by atoms with van der Waals surface area (Å²) in [7, 11) is 0. The quantitative estimate of drug-likeness (QED) is 0.723. The number of Topliss-reactive ketones (excluding diaryl/α,β-unsaturated/α-hetero) is 1. The van der Waals surface area contributed by atoms with Gasteiger partial charge in [-0.25, -0.2) is 5.01 Å². The minimum absolute atomic E-state index is 0.0258. The highest BCUT2D eigenvalue weighted by Gasteiger charge is 2.65. The summed E-state index contributed by atoms with van der Waals surface area (Å²) >= 11 is 0. The Morgan fingerprint density at radius 3 is 1.88 bits per heavy atom. The summed E-state index contributed by atoms with van der Waals surface area (Å²) in [6.45, 7) is 6.56. The zero-order chi connectivity index (χ0) is 17.7. The fourth-order valence-corrected chi connectivity index (χ4v) is 4.45. The van der Waals surface area contributed by atoms with E-state index in [-0.39, 0.29) is 22.5 Å². The van der Waals surface area contributed by atoms with E-state index >= 15 is 0 Å². The van der Waals surface area contributed by atoms with Crippen LogP contribution in [0.1, 0.15) is 33.6 Å². The molecule has 0 amide bonds. The molecule has 2 aliphatic carbocycles. The minimum Gasteiger partial charge on any atom is -0.292 e. The molecule has 2 saturated carbocycles. The second-order valence-electron chi connectivity index (χ2n) is 7.94. The monoisotopic (exact) mass is 332 g/mol. The van der Waals surface area contributed by atoms with E-state index in [4.69, 9.17) is 5.10 Å². The largest absolute Gasteiger partial charge is 0.292 e. The Morgan fingerprint density at radius 2 is 1.44 bits per heavy atom. The summed E-state index contributed by atoms with van der Waals surface area (Å²) in [5.74, 6) is 0.463. The van der Waals surface area contributed by atoms with Crippen molar-refractivity contribution in [3.05, 3.63) is 60.7 Å². The lowest BCUT2D eigenvalue weighted by Gasteiger charge is -2.31. The first-order chi connectivity index (χ1) is 11.9. The van der Waals surface area contributed by atoms with Gasteiger partial charge in [0.25, 0.3) is 0 Å². The standard InChI is InChI=1S/C22H24N2O/c1-21(2)18-14-15-22(21,3)20(25)19(18)23-24(16-10-6-4-7-11-16)17-12-8-5-9-13-17/h4-13,18H,14-15H2,1-3H3/b23-19+/t18-,22+/m0/s1. The van der Waals surface area contributed by atoms with Crippen LogP contribution in [0.25, 0.3) is 0 Å². The normalized spacial score (nSPS) is 28.5. The maximum atomic E-state index is 13.1. The summed E-state index contributed by atoms with van der Waals surface area (Å²) in [5, 5.41) is 6.83. The van der Waals surface area contributed by atoms with Gasteiger partial charge < -0.3 is 0 Å². The van der Waals surface area contributed by atoms with Gasteiger partial charge in [-0.1, -0.05) is 57.2 Å². The van der Waals surface area contributed by atoms with Gasteiger partial charge in [0, 0.05) is 11.3 Å². The van der Waals surface area contributed by atoms with Crippen molar-refractivity contribution < 1.29 is 4.79 Å². The lowest BCUT2D eigenvalue weighted by atomic mass is 9.70. The molecule has 0 aromatic heterocycles. The Balaban J connectivity index is 1.83. The second-order valence-corrected chi connectivity index (χ2v) is 7.94. The topological polar surface area (TPSA) is 32.7 Å². The van der Waals surface area contributed by atoms with Crippen molar-refractivity contribution >= 4 is 22.9 Å². The smallest absolute Gasteiger partial charge is 0.185 e. The van der Waals surface area contributed by atoms with Crippen LogP contribution in [0.4, 0.5) is 11.4 Å². The highest BCUT2D eigenvalue weighted by molar-refractivity contribution is 6.45. The van der Waals surface area contributed by atoms with Crippen molar-refractivity contribution in [2.24, 2.45) is 21.8 Å². The van der Waals surface area contributed by atoms with Crippen molar-refractivity contribution in [1.82, 2.24) is 0 Å². The van der Waals surface area contributed by atoms with Crippen LogP contribution < -0.4 is 5.01 Å². The average molecular weight is 332 g/mol. The Morgan fingerprint density at radius 1 is 0.920 bits per heavy atom. The molecule has 2 aliphatic rings. The van der Waals surface area contributed by atoms with Crippen LogP contribution in [0.5, 0.6) is 0 Å². The highest BCUT2D eigenvalue weighted by Crippen LogP contribution is 2.62. The van der Waals surface area contributed by atoms with Crippen molar-refractivity contribution in [1.29, 1.82) is 0 Å². The van der Waals surface area contributed by atoms with Gasteiger partial charge >= 0.3 is 0 Å². The Labute approximate surface area is 149 Å². The number of fused-ring (bicyclic) bond motifs is 2. The van der Waals surface area contributed by atoms with Crippen LogP contribution >= 0.6 is 0 Å². The van der Waals surface area contributed by atoms with E-state index in [0.29, 0.717) is 0 Å². The predicted octanol–water partition coefficient (Wildman–Crippen LogP) is 5.21. The van der Waals surface area contributed by atoms with Gasteiger partial charge in [-0.15, -0.1) is 0 Å². The molecule has 0 heterocycles. The van der Waals surface area contributed by atoms with Gasteiger partial charge in [-0.2, -0.15) is 5.10 Å². The number of hydrogen-bond donors (Lipinski definition) is 0. The zero-order valence-electron chi connectivity index (χ0n) is 15.1. The summed E-state index contributed by atoms with van der Waals surface area (Å²) in [6, 6.07) is 20.1. The van der Waals surface area contributed by atoms with Gasteiger partial charge in [0.2, 0.25) is 0 Å². The number of nitrogens with zero attached hydrogens (tertiary/aromatic N) is 2. The van der Waals surface area contributed by atoms with Gasteiger partial charge in [0.15, 0.2) is 5.78 Å². The molecular weight excluding hydrogens is 308 g/mol. The van der Waals surface area contributed by atoms with E-state index in [0.717, 1.165) is 29.9 Å². The number of rotatable bonds is 3. The van der Waals surface area contributed by atoms with Crippen LogP contribution in [0.2, 0.25) is 0 Å². The number of benzene rings is 2. The second kappa shape index (κ2) is 5.55. The van der Waals surface area contributed by atoms with Crippen molar-refractivity contribution in [3.63, 3.8) is 0 Å². The number of carbonyl (C=O) groups excluding carboxylic acids is 1. The Bertz CT molecular complexity index is 786. The average Bonchev–Trinajstić information content (AvgIpc) is 2.94. The number of hydrogen-bond acceptors (Lipinski definition) is 3. The van der Waals surface area contributed by atoms with E-state index in [1.807, 2.05) is 65.7 Å². The highest BCUT2D eigenvalue weighted by atomic mass is 16.1. The molecule has 3 nitrogen and oxygen atoms in total. The maximum absolute atomic E-state index is 13.1. The molecule has 0 unspecified atom stereocenters. The molecule has 2 aromatic carbocycles.